The monoisotopic (exact) mass is 263 g/mol. The Balaban J connectivity index is 1.73. The highest BCUT2D eigenvalue weighted by molar-refractivity contribution is 5.99. The van der Waals surface area contributed by atoms with Gasteiger partial charge in [-0.1, -0.05) is 0 Å². The molecule has 1 fully saturated rings. The van der Waals surface area contributed by atoms with E-state index in [-0.39, 0.29) is 0 Å². The minimum absolute atomic E-state index is 0.430. The van der Waals surface area contributed by atoms with Crippen molar-refractivity contribution in [3.63, 3.8) is 0 Å². The van der Waals surface area contributed by atoms with Gasteiger partial charge in [0.1, 0.15) is 0 Å². The molecule has 1 aliphatic rings. The van der Waals surface area contributed by atoms with E-state index in [1.807, 2.05) is 0 Å². The van der Waals surface area contributed by atoms with Gasteiger partial charge in [0.2, 0.25) is 0 Å². The van der Waals surface area contributed by atoms with Gasteiger partial charge in [-0.2, -0.15) is 0 Å². The Morgan fingerprint density at radius 1 is 1.42 bits per heavy atom. The molecule has 0 unspecified atom stereocenters. The largest absolute Gasteiger partial charge is 0.399 e. The number of anilines is 2. The predicted molar refractivity (Wildman–Crippen MR) is 76.0 cm³/mol. The van der Waals surface area contributed by atoms with Crippen LogP contribution in [-0.2, 0) is 4.74 Å². The van der Waals surface area contributed by atoms with E-state index in [1.54, 1.807) is 18.2 Å². The molecule has 5 heteroatoms. The minimum atomic E-state index is -0.472. The van der Waals surface area contributed by atoms with Gasteiger partial charge in [-0.25, -0.2) is 0 Å². The third-order valence-electron chi connectivity index (χ3n) is 3.14. The molecule has 5 nitrogen and oxygen atoms in total. The molecule has 0 aliphatic heterocycles. The second-order valence-electron chi connectivity index (χ2n) is 4.97. The molecule has 0 aromatic heterocycles. The first-order valence-corrected chi connectivity index (χ1v) is 6.68. The van der Waals surface area contributed by atoms with E-state index in [2.05, 4.69) is 5.32 Å². The van der Waals surface area contributed by atoms with Crippen LogP contribution in [0.15, 0.2) is 18.2 Å². The number of ether oxygens (including phenoxy) is 1. The Morgan fingerprint density at radius 2 is 2.21 bits per heavy atom. The number of carbonyl (C=O) groups is 1. The van der Waals surface area contributed by atoms with Crippen LogP contribution in [0.3, 0.4) is 0 Å². The summed E-state index contributed by atoms with van der Waals surface area (Å²) in [6.45, 7) is 2.37. The lowest BCUT2D eigenvalue weighted by atomic mass is 10.1. The van der Waals surface area contributed by atoms with Gasteiger partial charge in [-0.3, -0.25) is 4.79 Å². The third kappa shape index (κ3) is 4.44. The molecule has 1 aromatic rings. The number of carbonyl (C=O) groups excluding carboxylic acids is 1. The Hall–Kier alpha value is -1.75. The summed E-state index contributed by atoms with van der Waals surface area (Å²) < 4.78 is 5.54. The molecule has 1 aromatic carbocycles. The lowest BCUT2D eigenvalue weighted by Crippen LogP contribution is -2.16. The van der Waals surface area contributed by atoms with E-state index in [9.17, 15) is 4.79 Å². The normalized spacial score (nSPS) is 14.3. The van der Waals surface area contributed by atoms with Gasteiger partial charge in [-0.15, -0.1) is 0 Å². The summed E-state index contributed by atoms with van der Waals surface area (Å²) in [5.41, 5.74) is 12.6. The molecule has 1 aliphatic carbocycles. The molecule has 104 valence electrons. The van der Waals surface area contributed by atoms with Crippen molar-refractivity contribution in [2.75, 3.05) is 30.8 Å². The van der Waals surface area contributed by atoms with Crippen LogP contribution in [-0.4, -0.2) is 25.7 Å². The lowest BCUT2D eigenvalue weighted by Gasteiger charge is -2.11. The van der Waals surface area contributed by atoms with Gasteiger partial charge in [0, 0.05) is 31.1 Å². The second kappa shape index (κ2) is 6.43. The standard InChI is InChI=1S/C14H21N3O2/c15-11-4-5-13(12(8-11)14(16)18)17-6-1-7-19-9-10-2-3-10/h4-5,8,10,17H,1-3,6-7,9,15H2,(H2,16,18). The zero-order chi connectivity index (χ0) is 13.7. The fourth-order valence-corrected chi connectivity index (χ4v) is 1.85. The van der Waals surface area contributed by atoms with Gasteiger partial charge in [0.05, 0.1) is 5.56 Å². The summed E-state index contributed by atoms with van der Waals surface area (Å²) in [6.07, 6.45) is 3.52. The molecule has 0 saturated heterocycles. The zero-order valence-corrected chi connectivity index (χ0v) is 11.0. The molecule has 0 radical (unpaired) electrons. The molecular weight excluding hydrogens is 242 g/mol. The van der Waals surface area contributed by atoms with Crippen molar-refractivity contribution in [1.82, 2.24) is 0 Å². The van der Waals surface area contributed by atoms with Gasteiger partial charge in [0.15, 0.2) is 0 Å². The van der Waals surface area contributed by atoms with Crippen LogP contribution in [0.25, 0.3) is 0 Å². The number of rotatable bonds is 8. The molecule has 19 heavy (non-hydrogen) atoms. The van der Waals surface area contributed by atoms with E-state index < -0.39 is 5.91 Å². The van der Waals surface area contributed by atoms with Crippen LogP contribution in [0.5, 0.6) is 0 Å². The first-order valence-electron chi connectivity index (χ1n) is 6.68. The first kappa shape index (κ1) is 13.7. The molecule has 0 heterocycles. The van der Waals surface area contributed by atoms with E-state index in [1.165, 1.54) is 12.8 Å². The molecule has 0 spiro atoms. The Labute approximate surface area is 113 Å². The molecule has 2 rings (SSSR count). The van der Waals surface area contributed by atoms with Crippen molar-refractivity contribution in [3.05, 3.63) is 23.8 Å². The molecule has 0 bridgehead atoms. The van der Waals surface area contributed by atoms with Crippen molar-refractivity contribution in [2.24, 2.45) is 11.7 Å². The first-order chi connectivity index (χ1) is 9.16. The fraction of sp³-hybridized carbons (Fsp3) is 0.500. The number of benzene rings is 1. The van der Waals surface area contributed by atoms with E-state index in [0.717, 1.165) is 37.8 Å². The number of nitrogens with two attached hydrogens (primary N) is 2. The highest BCUT2D eigenvalue weighted by atomic mass is 16.5. The lowest BCUT2D eigenvalue weighted by molar-refractivity contribution is 0.100. The van der Waals surface area contributed by atoms with Crippen molar-refractivity contribution < 1.29 is 9.53 Å². The predicted octanol–water partition coefficient (Wildman–Crippen LogP) is 1.60. The third-order valence-corrected chi connectivity index (χ3v) is 3.14. The van der Waals surface area contributed by atoms with Gasteiger partial charge >= 0.3 is 0 Å². The molecule has 1 saturated carbocycles. The summed E-state index contributed by atoms with van der Waals surface area (Å²) >= 11 is 0. The minimum Gasteiger partial charge on any atom is -0.399 e. The SMILES string of the molecule is NC(=O)c1cc(N)ccc1NCCCOCC1CC1. The number of hydrogen-bond donors (Lipinski definition) is 3. The number of nitrogen functional groups attached to an aromatic ring is 1. The van der Waals surface area contributed by atoms with Crippen LogP contribution in [0.2, 0.25) is 0 Å². The summed E-state index contributed by atoms with van der Waals surface area (Å²) in [4.78, 5) is 11.3. The van der Waals surface area contributed by atoms with Gasteiger partial charge in [-0.05, 0) is 43.4 Å². The molecule has 0 atom stereocenters. The highest BCUT2D eigenvalue weighted by Crippen LogP contribution is 2.28. The second-order valence-corrected chi connectivity index (χ2v) is 4.97. The van der Waals surface area contributed by atoms with Crippen molar-refractivity contribution >= 4 is 17.3 Å². The van der Waals surface area contributed by atoms with E-state index in [0.29, 0.717) is 11.3 Å². The zero-order valence-electron chi connectivity index (χ0n) is 11.0. The van der Waals surface area contributed by atoms with Crippen LogP contribution < -0.4 is 16.8 Å². The summed E-state index contributed by atoms with van der Waals surface area (Å²) in [6, 6.07) is 5.12. The number of primary amides is 1. The van der Waals surface area contributed by atoms with Crippen molar-refractivity contribution in [2.45, 2.75) is 19.3 Å². The maximum absolute atomic E-state index is 11.3. The maximum atomic E-state index is 11.3. The topological polar surface area (TPSA) is 90.4 Å². The Kier molecular flexibility index (Phi) is 4.63. The summed E-state index contributed by atoms with van der Waals surface area (Å²) in [7, 11) is 0. The highest BCUT2D eigenvalue weighted by Gasteiger charge is 2.20. The van der Waals surface area contributed by atoms with Gasteiger partial charge < -0.3 is 21.5 Å². The Morgan fingerprint density at radius 3 is 2.89 bits per heavy atom. The molecule has 1 amide bonds. The quantitative estimate of drug-likeness (QED) is 0.491. The van der Waals surface area contributed by atoms with E-state index >= 15 is 0 Å². The molecule has 5 N–H and O–H groups in total. The van der Waals surface area contributed by atoms with Crippen LogP contribution >= 0.6 is 0 Å². The summed E-state index contributed by atoms with van der Waals surface area (Å²) in [5, 5.41) is 3.19. The van der Waals surface area contributed by atoms with Crippen LogP contribution in [0.4, 0.5) is 11.4 Å². The maximum Gasteiger partial charge on any atom is 0.250 e. The smallest absolute Gasteiger partial charge is 0.250 e. The number of nitrogens with one attached hydrogen (secondary N) is 1. The summed E-state index contributed by atoms with van der Waals surface area (Å²) in [5.74, 6) is 0.325. The van der Waals surface area contributed by atoms with Crippen molar-refractivity contribution in [3.8, 4) is 0 Å². The fourth-order valence-electron chi connectivity index (χ4n) is 1.85. The van der Waals surface area contributed by atoms with Crippen LogP contribution in [0, 0.1) is 5.92 Å². The molecular formula is C14H21N3O2. The van der Waals surface area contributed by atoms with Crippen molar-refractivity contribution in [1.29, 1.82) is 0 Å². The van der Waals surface area contributed by atoms with Gasteiger partial charge in [0.25, 0.3) is 5.91 Å². The average molecular weight is 263 g/mol. The number of amides is 1. The van der Waals surface area contributed by atoms with E-state index in [4.69, 9.17) is 16.2 Å². The number of hydrogen-bond acceptors (Lipinski definition) is 4. The Bertz CT molecular complexity index is 444. The van der Waals surface area contributed by atoms with Crippen LogP contribution in [0.1, 0.15) is 29.6 Å². The average Bonchev–Trinajstić information content (AvgIpc) is 3.19.